The van der Waals surface area contributed by atoms with Gasteiger partial charge in [-0.1, -0.05) is 36.4 Å². The Bertz CT molecular complexity index is 770. The maximum absolute atomic E-state index is 12.8. The first kappa shape index (κ1) is 17.7. The number of carbonyl (C=O) groups excluding carboxylic acids is 1. The number of carbonyl (C=O) groups is 2. The average molecular weight is 327 g/mol. The number of ether oxygens (including phenoxy) is 1. The highest BCUT2D eigenvalue weighted by Gasteiger charge is 2.35. The number of nitrogens with one attached hydrogen (secondary N) is 1. The third kappa shape index (κ3) is 3.31. The Morgan fingerprint density at radius 2 is 1.71 bits per heavy atom. The maximum Gasteiger partial charge on any atom is 0.336 e. The third-order valence-electron chi connectivity index (χ3n) is 4.22. The predicted molar refractivity (Wildman–Crippen MR) is 92.3 cm³/mol. The van der Waals surface area contributed by atoms with E-state index in [4.69, 9.17) is 4.74 Å². The molecule has 1 atom stereocenters. The number of amides is 1. The van der Waals surface area contributed by atoms with E-state index in [9.17, 15) is 14.7 Å². The van der Waals surface area contributed by atoms with Crippen LogP contribution in [0, 0.1) is 13.8 Å². The minimum absolute atomic E-state index is 0.162. The molecule has 2 aromatic carbocycles. The summed E-state index contributed by atoms with van der Waals surface area (Å²) in [7, 11) is 1.47. The molecule has 24 heavy (non-hydrogen) atoms. The number of methoxy groups -OCH3 is 1. The fraction of sp³-hybridized carbons (Fsp3) is 0.263. The van der Waals surface area contributed by atoms with E-state index >= 15 is 0 Å². The summed E-state index contributed by atoms with van der Waals surface area (Å²) >= 11 is 0. The molecule has 1 unspecified atom stereocenters. The van der Waals surface area contributed by atoms with Crippen LogP contribution >= 0.6 is 0 Å². The Morgan fingerprint density at radius 3 is 2.25 bits per heavy atom. The zero-order valence-corrected chi connectivity index (χ0v) is 14.2. The molecule has 0 fully saturated rings. The standard InChI is InChI=1S/C19H21NO4/c1-12-10-13(2)16(11-15(12)17(21)22)20-18(23)19(3,24-4)14-8-6-5-7-9-14/h5-11H,1-4H3,(H,20,23)(H,21,22). The molecule has 126 valence electrons. The minimum Gasteiger partial charge on any atom is -0.478 e. The summed E-state index contributed by atoms with van der Waals surface area (Å²) in [5, 5.41) is 12.1. The summed E-state index contributed by atoms with van der Waals surface area (Å²) in [5.74, 6) is -1.39. The van der Waals surface area contributed by atoms with Gasteiger partial charge in [-0.15, -0.1) is 0 Å². The zero-order chi connectivity index (χ0) is 17.9. The van der Waals surface area contributed by atoms with E-state index in [0.717, 1.165) is 5.56 Å². The van der Waals surface area contributed by atoms with Crippen molar-refractivity contribution in [3.05, 3.63) is 64.7 Å². The molecule has 1 amide bonds. The van der Waals surface area contributed by atoms with Crippen molar-refractivity contribution in [1.29, 1.82) is 0 Å². The topological polar surface area (TPSA) is 75.6 Å². The second-order valence-corrected chi connectivity index (χ2v) is 5.84. The van der Waals surface area contributed by atoms with Gasteiger partial charge in [0.1, 0.15) is 0 Å². The van der Waals surface area contributed by atoms with Crippen molar-refractivity contribution in [2.75, 3.05) is 12.4 Å². The first-order chi connectivity index (χ1) is 11.3. The molecule has 2 rings (SSSR count). The zero-order valence-electron chi connectivity index (χ0n) is 14.2. The lowest BCUT2D eigenvalue weighted by atomic mass is 9.94. The third-order valence-corrected chi connectivity index (χ3v) is 4.22. The van der Waals surface area contributed by atoms with Crippen LogP contribution < -0.4 is 5.32 Å². The first-order valence-electron chi connectivity index (χ1n) is 7.56. The van der Waals surface area contributed by atoms with Gasteiger partial charge in [0.05, 0.1) is 5.56 Å². The summed E-state index contributed by atoms with van der Waals surface area (Å²) in [6, 6.07) is 12.4. The van der Waals surface area contributed by atoms with Crippen molar-refractivity contribution in [2.45, 2.75) is 26.4 Å². The van der Waals surface area contributed by atoms with Crippen molar-refractivity contribution in [2.24, 2.45) is 0 Å². The number of anilines is 1. The predicted octanol–water partition coefficient (Wildman–Crippen LogP) is 3.50. The number of hydrogen-bond acceptors (Lipinski definition) is 3. The molecule has 2 N–H and O–H groups in total. The highest BCUT2D eigenvalue weighted by molar-refractivity contribution is 6.00. The molecule has 0 aliphatic rings. The van der Waals surface area contributed by atoms with Crippen molar-refractivity contribution in [3.63, 3.8) is 0 Å². The quantitative estimate of drug-likeness (QED) is 0.881. The van der Waals surface area contributed by atoms with Crippen LogP contribution in [0.4, 0.5) is 5.69 Å². The fourth-order valence-electron chi connectivity index (χ4n) is 2.56. The van der Waals surface area contributed by atoms with Crippen molar-refractivity contribution < 1.29 is 19.4 Å². The molecule has 0 saturated carbocycles. The van der Waals surface area contributed by atoms with Crippen molar-refractivity contribution in [3.8, 4) is 0 Å². The van der Waals surface area contributed by atoms with E-state index in [1.54, 1.807) is 19.9 Å². The van der Waals surface area contributed by atoms with Gasteiger partial charge in [0, 0.05) is 12.8 Å². The molecule has 5 heteroatoms. The molecular weight excluding hydrogens is 306 g/mol. The number of aromatic carboxylic acids is 1. The SMILES string of the molecule is COC(C)(C(=O)Nc1cc(C(=O)O)c(C)cc1C)c1ccccc1. The largest absolute Gasteiger partial charge is 0.478 e. The van der Waals surface area contributed by atoms with Crippen LogP contribution in [0.25, 0.3) is 0 Å². The van der Waals surface area contributed by atoms with E-state index in [1.165, 1.54) is 13.2 Å². The molecule has 0 aliphatic heterocycles. The van der Waals surface area contributed by atoms with E-state index in [-0.39, 0.29) is 11.5 Å². The molecule has 0 aromatic heterocycles. The van der Waals surface area contributed by atoms with Gasteiger partial charge in [0.25, 0.3) is 5.91 Å². The highest BCUT2D eigenvalue weighted by Crippen LogP contribution is 2.28. The van der Waals surface area contributed by atoms with Gasteiger partial charge in [0.15, 0.2) is 5.60 Å². The Hall–Kier alpha value is -2.66. The second-order valence-electron chi connectivity index (χ2n) is 5.84. The molecular formula is C19H21NO4. The molecule has 0 bridgehead atoms. The molecule has 0 heterocycles. The van der Waals surface area contributed by atoms with Crippen LogP contribution in [0.3, 0.4) is 0 Å². The number of hydrogen-bond donors (Lipinski definition) is 2. The number of rotatable bonds is 5. The Morgan fingerprint density at radius 1 is 1.08 bits per heavy atom. The van der Waals surface area contributed by atoms with Crippen molar-refractivity contribution in [1.82, 2.24) is 0 Å². The molecule has 0 saturated heterocycles. The minimum atomic E-state index is -1.18. The van der Waals surface area contributed by atoms with E-state index < -0.39 is 11.6 Å². The number of carboxylic acid groups (broad SMARTS) is 1. The van der Waals surface area contributed by atoms with Crippen LogP contribution in [-0.2, 0) is 15.1 Å². The van der Waals surface area contributed by atoms with Crippen LogP contribution in [0.15, 0.2) is 42.5 Å². The summed E-state index contributed by atoms with van der Waals surface area (Å²) in [4.78, 5) is 24.1. The van der Waals surface area contributed by atoms with Gasteiger partial charge in [0.2, 0.25) is 0 Å². The number of benzene rings is 2. The lowest BCUT2D eigenvalue weighted by Crippen LogP contribution is -2.39. The average Bonchev–Trinajstić information content (AvgIpc) is 2.56. The first-order valence-corrected chi connectivity index (χ1v) is 7.56. The summed E-state index contributed by atoms with van der Waals surface area (Å²) in [6.45, 7) is 5.23. The molecule has 0 spiro atoms. The molecule has 5 nitrogen and oxygen atoms in total. The second kappa shape index (κ2) is 6.84. The smallest absolute Gasteiger partial charge is 0.336 e. The molecule has 0 radical (unpaired) electrons. The number of carboxylic acids is 1. The van der Waals surface area contributed by atoms with Gasteiger partial charge in [-0.05, 0) is 43.5 Å². The Labute approximate surface area is 141 Å². The highest BCUT2D eigenvalue weighted by atomic mass is 16.5. The fourth-order valence-corrected chi connectivity index (χ4v) is 2.56. The van der Waals surface area contributed by atoms with Crippen LogP contribution in [0.2, 0.25) is 0 Å². The van der Waals surface area contributed by atoms with E-state index in [2.05, 4.69) is 5.32 Å². The Balaban J connectivity index is 2.38. The lowest BCUT2D eigenvalue weighted by molar-refractivity contribution is -0.136. The lowest BCUT2D eigenvalue weighted by Gasteiger charge is -2.28. The number of aryl methyl sites for hydroxylation is 2. The normalized spacial score (nSPS) is 13.2. The maximum atomic E-state index is 12.8. The van der Waals surface area contributed by atoms with Crippen LogP contribution in [0.1, 0.15) is 34.0 Å². The molecule has 2 aromatic rings. The van der Waals surface area contributed by atoms with Crippen LogP contribution in [-0.4, -0.2) is 24.1 Å². The molecule has 0 aliphatic carbocycles. The summed E-state index contributed by atoms with van der Waals surface area (Å²) in [5.41, 5.74) is 1.60. The monoisotopic (exact) mass is 327 g/mol. The van der Waals surface area contributed by atoms with Gasteiger partial charge in [-0.3, -0.25) is 4.79 Å². The van der Waals surface area contributed by atoms with Gasteiger partial charge in [-0.25, -0.2) is 4.79 Å². The van der Waals surface area contributed by atoms with Gasteiger partial charge < -0.3 is 15.2 Å². The summed E-state index contributed by atoms with van der Waals surface area (Å²) in [6.07, 6.45) is 0. The Kier molecular flexibility index (Phi) is 5.04. The van der Waals surface area contributed by atoms with Gasteiger partial charge in [-0.2, -0.15) is 0 Å². The van der Waals surface area contributed by atoms with Crippen LogP contribution in [0.5, 0.6) is 0 Å². The van der Waals surface area contributed by atoms with Crippen molar-refractivity contribution >= 4 is 17.6 Å². The van der Waals surface area contributed by atoms with Gasteiger partial charge >= 0.3 is 5.97 Å². The van der Waals surface area contributed by atoms with E-state index in [1.807, 2.05) is 37.3 Å². The van der Waals surface area contributed by atoms with E-state index in [0.29, 0.717) is 16.8 Å². The summed E-state index contributed by atoms with van der Waals surface area (Å²) < 4.78 is 5.47.